The Morgan fingerprint density at radius 1 is 1.38 bits per heavy atom. The first-order valence-electron chi connectivity index (χ1n) is 4.69. The lowest BCUT2D eigenvalue weighted by molar-refractivity contribution is -0.113. The minimum atomic E-state index is -0.723. The Balaban J connectivity index is 2.84. The fourth-order valence-electron chi connectivity index (χ4n) is 1.16. The highest BCUT2D eigenvalue weighted by Crippen LogP contribution is 2.17. The third-order valence-corrected chi connectivity index (χ3v) is 2.37. The van der Waals surface area contributed by atoms with E-state index in [9.17, 15) is 9.59 Å². The van der Waals surface area contributed by atoms with E-state index in [-0.39, 0.29) is 5.91 Å². The zero-order chi connectivity index (χ0) is 12.1. The van der Waals surface area contributed by atoms with Crippen LogP contribution in [0.4, 0.5) is 0 Å². The molecule has 1 aromatic rings. The molecule has 1 atom stereocenters. The van der Waals surface area contributed by atoms with E-state index in [0.717, 1.165) is 0 Å². The Kier molecular flexibility index (Phi) is 4.31. The van der Waals surface area contributed by atoms with Crippen molar-refractivity contribution in [2.24, 2.45) is 0 Å². The van der Waals surface area contributed by atoms with Crippen LogP contribution in [-0.4, -0.2) is 24.3 Å². The van der Waals surface area contributed by atoms with Gasteiger partial charge in [-0.15, -0.1) is 0 Å². The van der Waals surface area contributed by atoms with Crippen LogP contribution in [0.1, 0.15) is 17.3 Å². The Morgan fingerprint density at radius 3 is 2.56 bits per heavy atom. The molecule has 1 N–H and O–H groups in total. The van der Waals surface area contributed by atoms with Crippen molar-refractivity contribution >= 4 is 22.8 Å². The highest BCUT2D eigenvalue weighted by Gasteiger charge is 2.16. The van der Waals surface area contributed by atoms with Crippen LogP contribution in [0.25, 0.3) is 0 Å². The monoisotopic (exact) mass is 241 g/mol. The van der Waals surface area contributed by atoms with Crippen molar-refractivity contribution in [3.63, 3.8) is 0 Å². The van der Waals surface area contributed by atoms with E-state index in [1.54, 1.807) is 24.3 Å². The average Bonchev–Trinajstić information content (AvgIpc) is 2.28. The summed E-state index contributed by atoms with van der Waals surface area (Å²) in [5, 5.41) is 1.86. The molecule has 0 heterocycles. The fourth-order valence-corrected chi connectivity index (χ4v) is 1.22. The molecule has 0 aliphatic rings. The van der Waals surface area contributed by atoms with Gasteiger partial charge in [-0.05, 0) is 30.7 Å². The molecule has 0 fully saturated rings. The van der Waals surface area contributed by atoms with Gasteiger partial charge in [-0.1, -0.05) is 12.1 Å². The first-order valence-corrected chi connectivity index (χ1v) is 5.07. The van der Waals surface area contributed by atoms with Gasteiger partial charge in [0.2, 0.25) is 5.24 Å². The van der Waals surface area contributed by atoms with Gasteiger partial charge in [-0.2, -0.15) is 0 Å². The van der Waals surface area contributed by atoms with Gasteiger partial charge < -0.3 is 10.1 Å². The number of nitrogens with one attached hydrogen (secondary N) is 1. The van der Waals surface area contributed by atoms with Crippen LogP contribution in [0.15, 0.2) is 24.3 Å². The number of para-hydroxylation sites is 1. The number of methoxy groups -OCH3 is 1. The Bertz CT molecular complexity index is 406. The number of carbonyl (C=O) groups excluding carboxylic acids is 2. The number of benzene rings is 1. The Morgan fingerprint density at radius 2 is 2.00 bits per heavy atom. The second kappa shape index (κ2) is 5.51. The number of hydrogen-bond donors (Lipinski definition) is 1. The summed E-state index contributed by atoms with van der Waals surface area (Å²) >= 11 is 5.25. The smallest absolute Gasteiger partial charge is 0.255 e. The third-order valence-electron chi connectivity index (χ3n) is 2.04. The first-order chi connectivity index (χ1) is 7.56. The summed E-state index contributed by atoms with van der Waals surface area (Å²) in [7, 11) is 1.47. The first kappa shape index (κ1) is 12.5. The van der Waals surface area contributed by atoms with Gasteiger partial charge >= 0.3 is 0 Å². The lowest BCUT2D eigenvalue weighted by atomic mass is 10.2. The maximum absolute atomic E-state index is 11.7. The number of carbonyl (C=O) groups is 2. The van der Waals surface area contributed by atoms with Gasteiger partial charge in [0.25, 0.3) is 5.91 Å². The summed E-state index contributed by atoms with van der Waals surface area (Å²) in [6.45, 7) is 1.52. The van der Waals surface area contributed by atoms with Gasteiger partial charge in [0.15, 0.2) is 0 Å². The second-order valence-electron chi connectivity index (χ2n) is 3.20. The van der Waals surface area contributed by atoms with E-state index in [4.69, 9.17) is 16.3 Å². The highest BCUT2D eigenvalue weighted by atomic mass is 35.5. The van der Waals surface area contributed by atoms with E-state index in [1.807, 2.05) is 0 Å². The van der Waals surface area contributed by atoms with Crippen LogP contribution in [-0.2, 0) is 4.79 Å². The van der Waals surface area contributed by atoms with Crippen molar-refractivity contribution in [2.45, 2.75) is 13.0 Å². The molecule has 1 unspecified atom stereocenters. The molecule has 0 bridgehead atoms. The number of amides is 1. The van der Waals surface area contributed by atoms with E-state index in [2.05, 4.69) is 5.32 Å². The molecule has 1 amide bonds. The van der Waals surface area contributed by atoms with Gasteiger partial charge in [0.1, 0.15) is 11.8 Å². The molecule has 1 rings (SSSR count). The molecule has 0 aliphatic heterocycles. The molecule has 0 aromatic heterocycles. The number of halogens is 1. The SMILES string of the molecule is COc1ccccc1C(=O)NC(C)C(=O)Cl. The molecule has 0 saturated carbocycles. The van der Waals surface area contributed by atoms with Crippen LogP contribution >= 0.6 is 11.6 Å². The van der Waals surface area contributed by atoms with Crippen LogP contribution in [0, 0.1) is 0 Å². The largest absolute Gasteiger partial charge is 0.496 e. The summed E-state index contributed by atoms with van der Waals surface area (Å²) in [6.07, 6.45) is 0. The van der Waals surface area contributed by atoms with Crippen LogP contribution in [0.5, 0.6) is 5.75 Å². The van der Waals surface area contributed by atoms with Gasteiger partial charge in [0.05, 0.1) is 12.7 Å². The number of hydrogen-bond acceptors (Lipinski definition) is 3. The van der Waals surface area contributed by atoms with Crippen LogP contribution in [0.2, 0.25) is 0 Å². The summed E-state index contributed by atoms with van der Waals surface area (Å²) in [4.78, 5) is 22.5. The topological polar surface area (TPSA) is 55.4 Å². The molecule has 0 radical (unpaired) electrons. The van der Waals surface area contributed by atoms with Crippen molar-refractivity contribution in [1.82, 2.24) is 5.32 Å². The molecule has 86 valence electrons. The van der Waals surface area contributed by atoms with Crippen molar-refractivity contribution in [2.75, 3.05) is 7.11 Å². The van der Waals surface area contributed by atoms with Gasteiger partial charge in [0, 0.05) is 0 Å². The predicted molar refractivity (Wildman–Crippen MR) is 60.8 cm³/mol. The summed E-state index contributed by atoms with van der Waals surface area (Å²) < 4.78 is 5.03. The molecule has 4 nitrogen and oxygen atoms in total. The minimum Gasteiger partial charge on any atom is -0.496 e. The van der Waals surface area contributed by atoms with E-state index < -0.39 is 11.3 Å². The molecule has 0 spiro atoms. The fraction of sp³-hybridized carbons (Fsp3) is 0.273. The Labute approximate surface area is 98.5 Å². The Hall–Kier alpha value is -1.55. The molecule has 5 heteroatoms. The quantitative estimate of drug-likeness (QED) is 0.815. The molecule has 1 aromatic carbocycles. The van der Waals surface area contributed by atoms with Crippen molar-refractivity contribution in [3.05, 3.63) is 29.8 Å². The summed E-state index contributed by atoms with van der Waals surface area (Å²) in [6, 6.07) is 6.02. The zero-order valence-corrected chi connectivity index (χ0v) is 9.75. The van der Waals surface area contributed by atoms with Crippen molar-refractivity contribution in [3.8, 4) is 5.75 Å². The lowest BCUT2D eigenvalue weighted by Gasteiger charge is -2.11. The van der Waals surface area contributed by atoms with Crippen molar-refractivity contribution < 1.29 is 14.3 Å². The average molecular weight is 242 g/mol. The molecular formula is C11H12ClNO3. The number of rotatable bonds is 4. The van der Waals surface area contributed by atoms with E-state index >= 15 is 0 Å². The summed E-state index contributed by atoms with van der Waals surface area (Å²) in [5.74, 6) is 0.0631. The predicted octanol–water partition coefficient (Wildman–Crippen LogP) is 1.58. The molecule has 0 aliphatic carbocycles. The minimum absolute atomic E-state index is 0.370. The number of ether oxygens (including phenoxy) is 1. The molecule has 16 heavy (non-hydrogen) atoms. The maximum Gasteiger partial charge on any atom is 0.255 e. The zero-order valence-electron chi connectivity index (χ0n) is 8.99. The molecule has 0 saturated heterocycles. The lowest BCUT2D eigenvalue weighted by Crippen LogP contribution is -2.36. The normalized spacial score (nSPS) is 11.7. The van der Waals surface area contributed by atoms with E-state index in [1.165, 1.54) is 14.0 Å². The summed E-state index contributed by atoms with van der Waals surface area (Å²) in [5.41, 5.74) is 0.370. The third kappa shape index (κ3) is 2.97. The van der Waals surface area contributed by atoms with Crippen molar-refractivity contribution in [1.29, 1.82) is 0 Å². The standard InChI is InChI=1S/C11H12ClNO3/c1-7(10(12)14)13-11(15)8-5-3-4-6-9(8)16-2/h3-7H,1-2H3,(H,13,15). The van der Waals surface area contributed by atoms with Gasteiger partial charge in [-0.25, -0.2) is 0 Å². The highest BCUT2D eigenvalue weighted by molar-refractivity contribution is 6.64. The van der Waals surface area contributed by atoms with Crippen LogP contribution < -0.4 is 10.1 Å². The van der Waals surface area contributed by atoms with E-state index in [0.29, 0.717) is 11.3 Å². The van der Waals surface area contributed by atoms with Gasteiger partial charge in [-0.3, -0.25) is 9.59 Å². The molecular weight excluding hydrogens is 230 g/mol. The van der Waals surface area contributed by atoms with Crippen LogP contribution in [0.3, 0.4) is 0 Å². The maximum atomic E-state index is 11.7. The second-order valence-corrected chi connectivity index (χ2v) is 3.57.